The van der Waals surface area contributed by atoms with Gasteiger partial charge in [0.15, 0.2) is 12.8 Å². The standard InChI is InChI=1S/C43H65N5O9S/c1-10-28(6)38(46-40(52)34-18-14-15-19-47(34)9)42(53)48(25-56-37(50)20-26(2)3)35(27(4)5)23-36(57-30(8)49)41-45-33(24-58-41)39(51)44-32(21-29(7)43(54)55)22-31-16-12-11-13-17-31/h11-13,16-17,24,26-29,32,34-36,38H,10,14-15,18-23,25H2,1-9H3,(H,44,51)(H,46,52)(H,54,55)/t28-,29-,32+,34+,35-,36+,38?/m0/s1. The molecule has 3 N–H and O–H groups in total. The summed E-state index contributed by atoms with van der Waals surface area (Å²) in [6.07, 6.45) is 3.00. The highest BCUT2D eigenvalue weighted by molar-refractivity contribution is 7.09. The number of likely N-dealkylation sites (tertiary alicyclic amines) is 1. The number of benzene rings is 1. The number of nitrogens with zero attached hydrogens (tertiary/aromatic N) is 3. The Morgan fingerprint density at radius 2 is 1.69 bits per heavy atom. The van der Waals surface area contributed by atoms with Crippen LogP contribution < -0.4 is 10.6 Å². The molecule has 3 rings (SSSR count). The second-order valence-electron chi connectivity index (χ2n) is 16.5. The zero-order valence-corrected chi connectivity index (χ0v) is 36.5. The van der Waals surface area contributed by atoms with Crippen LogP contribution in [0.25, 0.3) is 0 Å². The first kappa shape index (κ1) is 48.0. The number of esters is 2. The maximum atomic E-state index is 14.8. The van der Waals surface area contributed by atoms with E-state index in [1.54, 1.807) is 12.3 Å². The number of carboxylic acids is 1. The number of hydrogen-bond donors (Lipinski definition) is 3. The second-order valence-corrected chi connectivity index (χ2v) is 17.4. The molecule has 58 heavy (non-hydrogen) atoms. The van der Waals surface area contributed by atoms with Crippen molar-refractivity contribution in [3.05, 3.63) is 52.0 Å². The van der Waals surface area contributed by atoms with Gasteiger partial charge in [0.25, 0.3) is 5.91 Å². The summed E-state index contributed by atoms with van der Waals surface area (Å²) < 4.78 is 11.6. The largest absolute Gasteiger partial charge is 0.481 e. The molecule has 2 aromatic rings. The molecule has 3 amide bonds. The average molecular weight is 828 g/mol. The molecular formula is C43H65N5O9S. The molecule has 1 fully saturated rings. The van der Waals surface area contributed by atoms with Crippen molar-refractivity contribution in [1.82, 2.24) is 25.4 Å². The van der Waals surface area contributed by atoms with Crippen LogP contribution in [0.3, 0.4) is 0 Å². The highest BCUT2D eigenvalue weighted by atomic mass is 32.1. The normalized spacial score (nSPS) is 17.7. The van der Waals surface area contributed by atoms with Gasteiger partial charge in [-0.25, -0.2) is 4.98 Å². The van der Waals surface area contributed by atoms with Crippen molar-refractivity contribution >= 4 is 47.0 Å². The molecule has 0 saturated carbocycles. The highest BCUT2D eigenvalue weighted by Gasteiger charge is 2.39. The molecule has 14 nitrogen and oxygen atoms in total. The fourth-order valence-corrected chi connectivity index (χ4v) is 8.01. The number of aliphatic carboxylic acids is 1. The molecule has 1 unspecified atom stereocenters. The smallest absolute Gasteiger partial charge is 0.307 e. The van der Waals surface area contributed by atoms with Gasteiger partial charge >= 0.3 is 17.9 Å². The number of carboxylic acid groups (broad SMARTS) is 1. The fourth-order valence-electron chi connectivity index (χ4n) is 7.17. The first-order chi connectivity index (χ1) is 27.4. The first-order valence-electron chi connectivity index (χ1n) is 20.6. The second kappa shape index (κ2) is 23.3. The minimum atomic E-state index is -0.988. The third-order valence-corrected chi connectivity index (χ3v) is 11.7. The van der Waals surface area contributed by atoms with Gasteiger partial charge in [0, 0.05) is 37.2 Å². The van der Waals surface area contributed by atoms with Gasteiger partial charge in [0.05, 0.1) is 12.0 Å². The summed E-state index contributed by atoms with van der Waals surface area (Å²) in [6.45, 7) is 14.7. The molecule has 0 radical (unpaired) electrons. The molecule has 1 aromatic carbocycles. The summed E-state index contributed by atoms with van der Waals surface area (Å²) in [5.74, 6) is -4.39. The third-order valence-electron chi connectivity index (χ3n) is 10.8. The summed E-state index contributed by atoms with van der Waals surface area (Å²) in [5.41, 5.74) is 1.01. The van der Waals surface area contributed by atoms with Gasteiger partial charge in [0.2, 0.25) is 11.8 Å². The minimum absolute atomic E-state index is 0.0241. The summed E-state index contributed by atoms with van der Waals surface area (Å²) in [6, 6.07) is 6.99. The number of carbonyl (C=O) groups excluding carboxylic acids is 5. The SMILES string of the molecule is CC[C@H](C)C(NC(=O)[C@H]1CCCCN1C)C(=O)N(COC(=O)CC(C)C)[C@@H](C[C@@H](OC(C)=O)c1nc(C(=O)N[C@@H](Cc2ccccc2)C[C@H](C)C(=O)O)cs1)C(C)C. The number of aromatic nitrogens is 1. The molecule has 0 aliphatic carbocycles. The topological polar surface area (TPSA) is 185 Å². The number of likely N-dealkylation sites (N-methyl/N-ethyl adjacent to an activating group) is 1. The lowest BCUT2D eigenvalue weighted by Crippen LogP contribution is -2.59. The molecule has 7 atom stereocenters. The lowest BCUT2D eigenvalue weighted by atomic mass is 9.92. The number of amides is 3. The number of piperidine rings is 1. The summed E-state index contributed by atoms with van der Waals surface area (Å²) in [5, 5.41) is 17.5. The van der Waals surface area contributed by atoms with Crippen molar-refractivity contribution in [3.8, 4) is 0 Å². The molecule has 322 valence electrons. The van der Waals surface area contributed by atoms with Gasteiger partial charge in [-0.3, -0.25) is 33.7 Å². The number of carbonyl (C=O) groups is 6. The van der Waals surface area contributed by atoms with E-state index in [9.17, 15) is 33.9 Å². The van der Waals surface area contributed by atoms with Gasteiger partial charge in [-0.15, -0.1) is 11.3 Å². The van der Waals surface area contributed by atoms with E-state index >= 15 is 0 Å². The van der Waals surface area contributed by atoms with Crippen LogP contribution in [0.4, 0.5) is 0 Å². The Morgan fingerprint density at radius 1 is 1.00 bits per heavy atom. The molecule has 1 aromatic heterocycles. The molecule has 0 spiro atoms. The van der Waals surface area contributed by atoms with E-state index in [0.717, 1.165) is 36.3 Å². The maximum absolute atomic E-state index is 14.8. The zero-order valence-electron chi connectivity index (χ0n) is 35.7. The van der Waals surface area contributed by atoms with Crippen LogP contribution in [0.5, 0.6) is 0 Å². The number of rotatable bonds is 22. The summed E-state index contributed by atoms with van der Waals surface area (Å²) in [4.78, 5) is 87.4. The third kappa shape index (κ3) is 14.8. The molecule has 0 bridgehead atoms. The predicted octanol–water partition coefficient (Wildman–Crippen LogP) is 6.00. The quantitative estimate of drug-likeness (QED) is 0.0934. The molecule has 1 aliphatic heterocycles. The minimum Gasteiger partial charge on any atom is -0.481 e. The molecule has 1 saturated heterocycles. The maximum Gasteiger partial charge on any atom is 0.307 e. The molecular weight excluding hydrogens is 763 g/mol. The van der Waals surface area contributed by atoms with Crippen LogP contribution in [0.1, 0.15) is 127 Å². The highest BCUT2D eigenvalue weighted by Crippen LogP contribution is 2.32. The van der Waals surface area contributed by atoms with Crippen molar-refractivity contribution in [2.75, 3.05) is 20.3 Å². The lowest BCUT2D eigenvalue weighted by molar-refractivity contribution is -0.161. The van der Waals surface area contributed by atoms with Crippen molar-refractivity contribution in [2.24, 2.45) is 23.7 Å². The van der Waals surface area contributed by atoms with Crippen molar-refractivity contribution in [2.45, 2.75) is 137 Å². The Bertz CT molecular complexity index is 1670. The van der Waals surface area contributed by atoms with Crippen molar-refractivity contribution < 1.29 is 43.3 Å². The van der Waals surface area contributed by atoms with Crippen LogP contribution in [0.2, 0.25) is 0 Å². The van der Waals surface area contributed by atoms with Gasteiger partial charge in [-0.1, -0.05) is 91.6 Å². The number of hydrogen-bond acceptors (Lipinski definition) is 11. The Balaban J connectivity index is 1.96. The van der Waals surface area contributed by atoms with E-state index < -0.39 is 59.9 Å². The van der Waals surface area contributed by atoms with Crippen LogP contribution in [-0.2, 0) is 39.9 Å². The van der Waals surface area contributed by atoms with E-state index in [1.165, 1.54) is 11.8 Å². The number of nitrogens with one attached hydrogen (secondary N) is 2. The van der Waals surface area contributed by atoms with Crippen LogP contribution in [0, 0.1) is 23.7 Å². The van der Waals surface area contributed by atoms with E-state index in [0.29, 0.717) is 24.3 Å². The average Bonchev–Trinajstić information content (AvgIpc) is 3.66. The van der Waals surface area contributed by atoms with Gasteiger partial charge < -0.3 is 30.1 Å². The predicted molar refractivity (Wildman–Crippen MR) is 222 cm³/mol. The summed E-state index contributed by atoms with van der Waals surface area (Å²) >= 11 is 1.12. The van der Waals surface area contributed by atoms with E-state index in [4.69, 9.17) is 9.47 Å². The first-order valence-corrected chi connectivity index (χ1v) is 21.5. The zero-order chi connectivity index (χ0) is 43.1. The number of thiazole rings is 1. The van der Waals surface area contributed by atoms with Crippen LogP contribution in [0.15, 0.2) is 35.7 Å². The van der Waals surface area contributed by atoms with Gasteiger partial charge in [-0.05, 0) is 62.6 Å². The summed E-state index contributed by atoms with van der Waals surface area (Å²) in [7, 11) is 1.91. The van der Waals surface area contributed by atoms with Crippen molar-refractivity contribution in [3.63, 3.8) is 0 Å². The Kier molecular flexibility index (Phi) is 19.3. The number of ether oxygens (including phenoxy) is 2. The van der Waals surface area contributed by atoms with Gasteiger partial charge in [0.1, 0.15) is 16.7 Å². The van der Waals surface area contributed by atoms with Crippen molar-refractivity contribution in [1.29, 1.82) is 0 Å². The fraction of sp³-hybridized carbons (Fsp3) is 0.651. The monoisotopic (exact) mass is 827 g/mol. The Labute approximate surface area is 347 Å². The van der Waals surface area contributed by atoms with Crippen LogP contribution >= 0.6 is 11.3 Å². The van der Waals surface area contributed by atoms with E-state index in [1.807, 2.05) is 83.8 Å². The Morgan fingerprint density at radius 3 is 2.28 bits per heavy atom. The molecule has 15 heteroatoms. The molecule has 1 aliphatic rings. The Hall–Kier alpha value is -4.37. The lowest BCUT2D eigenvalue weighted by Gasteiger charge is -2.39. The van der Waals surface area contributed by atoms with Crippen LogP contribution in [-0.4, -0.2) is 100 Å². The van der Waals surface area contributed by atoms with Gasteiger partial charge in [-0.2, -0.15) is 0 Å². The van der Waals surface area contributed by atoms with E-state index in [-0.39, 0.29) is 61.4 Å². The molecule has 2 heterocycles. The van der Waals surface area contributed by atoms with E-state index in [2.05, 4.69) is 15.6 Å².